The van der Waals surface area contributed by atoms with E-state index in [4.69, 9.17) is 15.5 Å². The number of piperidine rings is 1. The number of nitrogens with zero attached hydrogens (tertiary/aromatic N) is 3. The van der Waals surface area contributed by atoms with E-state index in [-0.39, 0.29) is 17.9 Å². The molecule has 1 aromatic carbocycles. The Kier molecular flexibility index (Phi) is 6.73. The number of hydrogen-bond donors (Lipinski definition) is 1. The number of fused-ring (bicyclic) bond motifs is 1. The van der Waals surface area contributed by atoms with E-state index in [0.717, 1.165) is 61.3 Å². The molecule has 1 aromatic rings. The predicted molar refractivity (Wildman–Crippen MR) is 132 cm³/mol. The number of benzene rings is 1. The fourth-order valence-corrected chi connectivity index (χ4v) is 5.92. The lowest BCUT2D eigenvalue weighted by Crippen LogP contribution is -2.43. The molecule has 3 aliphatic heterocycles. The normalized spacial score (nSPS) is 25.1. The Hall–Kier alpha value is -2.67. The van der Waals surface area contributed by atoms with E-state index in [2.05, 4.69) is 11.0 Å². The van der Waals surface area contributed by atoms with Crippen LogP contribution in [0.15, 0.2) is 28.8 Å². The van der Waals surface area contributed by atoms with E-state index in [1.54, 1.807) is 6.92 Å². The van der Waals surface area contributed by atoms with Crippen molar-refractivity contribution in [2.24, 2.45) is 10.7 Å². The van der Waals surface area contributed by atoms with Gasteiger partial charge in [0.2, 0.25) is 11.8 Å². The lowest BCUT2D eigenvalue weighted by molar-refractivity contribution is -0.134. The van der Waals surface area contributed by atoms with Crippen molar-refractivity contribution in [1.29, 1.82) is 0 Å². The largest absolute Gasteiger partial charge is 0.398 e. The van der Waals surface area contributed by atoms with Gasteiger partial charge in [-0.25, -0.2) is 0 Å². The third kappa shape index (κ3) is 4.63. The lowest BCUT2D eigenvalue weighted by Gasteiger charge is -2.35. The van der Waals surface area contributed by atoms with E-state index >= 15 is 0 Å². The average Bonchev–Trinajstić information content (AvgIpc) is 3.38. The van der Waals surface area contributed by atoms with Crippen LogP contribution < -0.4 is 5.73 Å². The van der Waals surface area contributed by atoms with E-state index in [0.29, 0.717) is 44.2 Å². The molecule has 2 N–H and O–H groups in total. The van der Waals surface area contributed by atoms with Crippen LogP contribution in [0, 0.1) is 0 Å². The molecule has 3 heterocycles. The lowest BCUT2D eigenvalue weighted by atomic mass is 9.88. The molecule has 0 bridgehead atoms. The maximum atomic E-state index is 13.1. The van der Waals surface area contributed by atoms with Crippen LogP contribution >= 0.6 is 0 Å². The molecule has 2 amide bonds. The van der Waals surface area contributed by atoms with Gasteiger partial charge < -0.3 is 20.3 Å². The van der Waals surface area contributed by atoms with Gasteiger partial charge in [0.15, 0.2) is 0 Å². The SMILES string of the molecule is CC(=O)N1CCC(=NC2CCOCC2)C(=C(N)c2cccc3c2CC(=O)N(C2CCCC2)C3)C1. The highest BCUT2D eigenvalue weighted by Crippen LogP contribution is 2.33. The molecule has 1 aliphatic carbocycles. The summed E-state index contributed by atoms with van der Waals surface area (Å²) in [4.78, 5) is 34.4. The second-order valence-electron chi connectivity index (χ2n) is 10.1. The van der Waals surface area contributed by atoms with Crippen LogP contribution in [0.3, 0.4) is 0 Å². The zero-order valence-corrected chi connectivity index (χ0v) is 20.2. The Bertz CT molecular complexity index is 1020. The van der Waals surface area contributed by atoms with Crippen molar-refractivity contribution in [2.45, 2.75) is 76.9 Å². The summed E-state index contributed by atoms with van der Waals surface area (Å²) in [7, 11) is 0. The van der Waals surface area contributed by atoms with Gasteiger partial charge in [0.1, 0.15) is 0 Å². The van der Waals surface area contributed by atoms with Crippen LogP contribution in [0.25, 0.3) is 5.70 Å². The fourth-order valence-electron chi connectivity index (χ4n) is 5.92. The van der Waals surface area contributed by atoms with Crippen molar-refractivity contribution < 1.29 is 14.3 Å². The molecule has 1 saturated carbocycles. The standard InChI is InChI=1S/C27H36N4O3/c1-18(32)30-12-9-25(29-20-10-13-34-14-11-20)24(17-30)27(28)22-8-4-5-19-16-31(21-6-2-3-7-21)26(33)15-23(19)22/h4-5,8,20-21H,2-3,6-7,9-17,28H2,1H3. The molecule has 182 valence electrons. The Balaban J connectivity index is 1.50. The second-order valence-corrected chi connectivity index (χ2v) is 10.1. The molecule has 2 saturated heterocycles. The van der Waals surface area contributed by atoms with Crippen molar-refractivity contribution in [1.82, 2.24) is 9.80 Å². The minimum Gasteiger partial charge on any atom is -0.398 e. The third-order valence-electron chi connectivity index (χ3n) is 7.93. The summed E-state index contributed by atoms with van der Waals surface area (Å²) in [6, 6.07) is 6.82. The van der Waals surface area contributed by atoms with E-state index < -0.39 is 0 Å². The highest BCUT2D eigenvalue weighted by Gasteiger charge is 2.33. The maximum Gasteiger partial charge on any atom is 0.227 e. The molecule has 0 spiro atoms. The number of carbonyl (C=O) groups excluding carboxylic acids is 2. The van der Waals surface area contributed by atoms with Crippen LogP contribution in [0.4, 0.5) is 0 Å². The molecular formula is C27H36N4O3. The summed E-state index contributed by atoms with van der Waals surface area (Å²) in [6.45, 7) is 4.88. The minimum atomic E-state index is 0.0490. The quantitative estimate of drug-likeness (QED) is 0.745. The molecule has 3 fully saturated rings. The zero-order valence-electron chi connectivity index (χ0n) is 20.2. The van der Waals surface area contributed by atoms with Crippen LogP contribution in [-0.2, 0) is 27.3 Å². The Labute approximate surface area is 202 Å². The Morgan fingerprint density at radius 1 is 1.12 bits per heavy atom. The van der Waals surface area contributed by atoms with Crippen LogP contribution in [0.2, 0.25) is 0 Å². The van der Waals surface area contributed by atoms with Crippen LogP contribution in [0.1, 0.15) is 68.6 Å². The third-order valence-corrected chi connectivity index (χ3v) is 7.93. The van der Waals surface area contributed by atoms with Crippen LogP contribution in [-0.4, -0.2) is 65.7 Å². The van der Waals surface area contributed by atoms with Crippen LogP contribution in [0.5, 0.6) is 0 Å². The van der Waals surface area contributed by atoms with Gasteiger partial charge >= 0.3 is 0 Å². The van der Waals surface area contributed by atoms with E-state index in [9.17, 15) is 9.59 Å². The summed E-state index contributed by atoms with van der Waals surface area (Å²) >= 11 is 0. The number of ether oxygens (including phenoxy) is 1. The molecule has 7 heteroatoms. The van der Waals surface area contributed by atoms with Gasteiger partial charge in [0.05, 0.1) is 12.5 Å². The molecule has 4 aliphatic rings. The monoisotopic (exact) mass is 464 g/mol. The highest BCUT2D eigenvalue weighted by atomic mass is 16.5. The number of rotatable bonds is 3. The second kappa shape index (κ2) is 9.90. The van der Waals surface area contributed by atoms with Crippen molar-refractivity contribution in [3.05, 3.63) is 40.5 Å². The number of carbonyl (C=O) groups is 2. The van der Waals surface area contributed by atoms with Gasteiger partial charge in [-0.15, -0.1) is 0 Å². The first-order chi connectivity index (χ1) is 16.5. The van der Waals surface area contributed by atoms with Gasteiger partial charge in [-0.1, -0.05) is 31.0 Å². The summed E-state index contributed by atoms with van der Waals surface area (Å²) in [5.41, 5.74) is 12.6. The van der Waals surface area contributed by atoms with Crippen molar-refractivity contribution in [3.8, 4) is 0 Å². The zero-order chi connectivity index (χ0) is 23.7. The number of hydrogen-bond acceptors (Lipinski definition) is 5. The van der Waals surface area contributed by atoms with Crippen molar-refractivity contribution in [3.63, 3.8) is 0 Å². The molecule has 0 aromatic heterocycles. The number of amides is 2. The van der Waals surface area contributed by atoms with Gasteiger partial charge in [-0.3, -0.25) is 14.6 Å². The summed E-state index contributed by atoms with van der Waals surface area (Å²) < 4.78 is 5.50. The first-order valence-corrected chi connectivity index (χ1v) is 12.8. The number of likely N-dealkylation sites (tertiary alicyclic amines) is 1. The smallest absolute Gasteiger partial charge is 0.227 e. The first kappa shape index (κ1) is 23.1. The van der Waals surface area contributed by atoms with Gasteiger partial charge in [-0.2, -0.15) is 0 Å². The summed E-state index contributed by atoms with van der Waals surface area (Å²) in [5.74, 6) is 0.252. The number of nitrogens with two attached hydrogens (primary N) is 1. The highest BCUT2D eigenvalue weighted by molar-refractivity contribution is 6.08. The van der Waals surface area contributed by atoms with Crippen molar-refractivity contribution >= 4 is 23.2 Å². The molecule has 0 unspecified atom stereocenters. The molecule has 0 radical (unpaired) electrons. The first-order valence-electron chi connectivity index (χ1n) is 12.8. The maximum absolute atomic E-state index is 13.1. The van der Waals surface area contributed by atoms with Crippen molar-refractivity contribution in [2.75, 3.05) is 26.3 Å². The Morgan fingerprint density at radius 3 is 2.62 bits per heavy atom. The molecule has 34 heavy (non-hydrogen) atoms. The average molecular weight is 465 g/mol. The van der Waals surface area contributed by atoms with Gasteiger partial charge in [0.25, 0.3) is 0 Å². The molecular weight excluding hydrogens is 428 g/mol. The van der Waals surface area contributed by atoms with E-state index in [1.807, 2.05) is 17.0 Å². The molecule has 5 rings (SSSR count). The predicted octanol–water partition coefficient (Wildman–Crippen LogP) is 3.06. The molecule has 0 atom stereocenters. The molecule has 7 nitrogen and oxygen atoms in total. The minimum absolute atomic E-state index is 0.0490. The fraction of sp³-hybridized carbons (Fsp3) is 0.593. The van der Waals surface area contributed by atoms with E-state index in [1.165, 1.54) is 18.4 Å². The number of aliphatic imine (C=N–C) groups is 1. The van der Waals surface area contributed by atoms with Gasteiger partial charge in [-0.05, 0) is 36.8 Å². The Morgan fingerprint density at radius 2 is 1.88 bits per heavy atom. The topological polar surface area (TPSA) is 88.2 Å². The van der Waals surface area contributed by atoms with Gasteiger partial charge in [0, 0.05) is 74.8 Å². The summed E-state index contributed by atoms with van der Waals surface area (Å²) in [5, 5.41) is 0. The summed E-state index contributed by atoms with van der Waals surface area (Å²) in [6.07, 6.45) is 7.57.